The Labute approximate surface area is 163 Å². The number of nitriles is 1. The van der Waals surface area contributed by atoms with E-state index in [4.69, 9.17) is 10.00 Å². The van der Waals surface area contributed by atoms with E-state index in [0.29, 0.717) is 11.3 Å². The lowest BCUT2D eigenvalue weighted by molar-refractivity contribution is -0.123. The number of nitrogens with zero attached hydrogens (tertiary/aromatic N) is 1. The van der Waals surface area contributed by atoms with Crippen molar-refractivity contribution >= 4 is 27.6 Å². The lowest BCUT2D eigenvalue weighted by Gasteiger charge is -2.14. The number of anilines is 1. The van der Waals surface area contributed by atoms with Crippen LogP contribution >= 0.6 is 0 Å². The normalized spacial score (nSPS) is 11.9. The molecule has 0 saturated carbocycles. The molecule has 0 bridgehead atoms. The third kappa shape index (κ3) is 5.39. The monoisotopic (exact) mass is 401 g/mol. The maximum atomic E-state index is 12.2. The Hall–Kier alpha value is -3.22. The second-order valence-corrected chi connectivity index (χ2v) is 7.52. The van der Waals surface area contributed by atoms with E-state index >= 15 is 0 Å². The molecule has 2 N–H and O–H groups in total. The molecular weight excluding hydrogens is 382 g/mol. The van der Waals surface area contributed by atoms with Crippen molar-refractivity contribution in [3.8, 4) is 6.07 Å². The van der Waals surface area contributed by atoms with Crippen LogP contribution in [0.15, 0.2) is 53.4 Å². The molecule has 0 saturated heterocycles. The average Bonchev–Trinajstić information content (AvgIpc) is 2.68. The standard InChI is InChI=1S/C19H19N3O5S/c1-3-21-28(25,26)17-10-6-15(7-11-17)19(24)27-13(2)18(23)22-16-8-4-14(12-20)5-9-16/h4-11,13,21H,3H2,1-2H3,(H,22,23)/t13-/m0/s1. The molecule has 0 aromatic heterocycles. The summed E-state index contributed by atoms with van der Waals surface area (Å²) < 4.78 is 31.3. The van der Waals surface area contributed by atoms with Crippen molar-refractivity contribution in [1.82, 2.24) is 4.72 Å². The third-order valence-electron chi connectivity index (χ3n) is 3.67. The summed E-state index contributed by atoms with van der Waals surface area (Å²) >= 11 is 0. The molecule has 9 heteroatoms. The summed E-state index contributed by atoms with van der Waals surface area (Å²) in [6.07, 6.45) is -1.08. The lowest BCUT2D eigenvalue weighted by atomic mass is 10.2. The van der Waals surface area contributed by atoms with Crippen molar-refractivity contribution in [1.29, 1.82) is 5.26 Å². The van der Waals surface area contributed by atoms with E-state index in [2.05, 4.69) is 10.0 Å². The maximum absolute atomic E-state index is 12.2. The van der Waals surface area contributed by atoms with Gasteiger partial charge in [-0.1, -0.05) is 6.92 Å². The van der Waals surface area contributed by atoms with E-state index in [1.165, 1.54) is 31.2 Å². The van der Waals surface area contributed by atoms with Crippen molar-refractivity contribution in [3.05, 3.63) is 59.7 Å². The number of sulfonamides is 1. The van der Waals surface area contributed by atoms with Gasteiger partial charge in [-0.25, -0.2) is 17.9 Å². The molecule has 0 radical (unpaired) electrons. The number of hydrogen-bond acceptors (Lipinski definition) is 6. The minimum Gasteiger partial charge on any atom is -0.449 e. The number of amides is 1. The van der Waals surface area contributed by atoms with E-state index < -0.39 is 28.0 Å². The first-order valence-corrected chi connectivity index (χ1v) is 9.87. The highest BCUT2D eigenvalue weighted by Gasteiger charge is 2.20. The number of nitrogens with one attached hydrogen (secondary N) is 2. The van der Waals surface area contributed by atoms with Crippen molar-refractivity contribution in [2.45, 2.75) is 24.8 Å². The molecule has 2 aromatic rings. The van der Waals surface area contributed by atoms with Gasteiger partial charge in [0.15, 0.2) is 6.10 Å². The molecule has 0 unspecified atom stereocenters. The van der Waals surface area contributed by atoms with Gasteiger partial charge in [-0.05, 0) is 55.5 Å². The lowest BCUT2D eigenvalue weighted by Crippen LogP contribution is -2.30. The smallest absolute Gasteiger partial charge is 0.338 e. The molecule has 0 aliphatic carbocycles. The molecule has 1 amide bonds. The summed E-state index contributed by atoms with van der Waals surface area (Å²) in [7, 11) is -3.62. The van der Waals surface area contributed by atoms with Crippen molar-refractivity contribution < 1.29 is 22.7 Å². The number of esters is 1. The van der Waals surface area contributed by atoms with E-state index in [0.717, 1.165) is 0 Å². The van der Waals surface area contributed by atoms with Gasteiger partial charge in [0.1, 0.15) is 0 Å². The van der Waals surface area contributed by atoms with Crippen LogP contribution in [0.2, 0.25) is 0 Å². The summed E-state index contributed by atoms with van der Waals surface area (Å²) in [5.74, 6) is -1.29. The number of rotatable bonds is 7. The zero-order chi connectivity index (χ0) is 20.7. The van der Waals surface area contributed by atoms with Gasteiger partial charge in [-0.15, -0.1) is 0 Å². The Kier molecular flexibility index (Phi) is 6.87. The summed E-state index contributed by atoms with van der Waals surface area (Å²) in [6.45, 7) is 3.33. The van der Waals surface area contributed by atoms with Crippen LogP contribution < -0.4 is 10.0 Å². The van der Waals surface area contributed by atoms with Crippen LogP contribution in [0.25, 0.3) is 0 Å². The molecule has 28 heavy (non-hydrogen) atoms. The van der Waals surface area contributed by atoms with Crippen LogP contribution in [-0.2, 0) is 19.6 Å². The number of carbonyl (C=O) groups is 2. The number of ether oxygens (including phenoxy) is 1. The zero-order valence-corrected chi connectivity index (χ0v) is 16.1. The van der Waals surface area contributed by atoms with Crippen molar-refractivity contribution in [3.63, 3.8) is 0 Å². The van der Waals surface area contributed by atoms with Gasteiger partial charge in [0.05, 0.1) is 22.1 Å². The van der Waals surface area contributed by atoms with Gasteiger partial charge >= 0.3 is 5.97 Å². The number of carbonyl (C=O) groups excluding carboxylic acids is 2. The summed E-state index contributed by atoms with van der Waals surface area (Å²) in [4.78, 5) is 24.4. The van der Waals surface area contributed by atoms with Gasteiger partial charge in [0, 0.05) is 12.2 Å². The molecule has 0 aliphatic heterocycles. The Morgan fingerprint density at radius 3 is 2.25 bits per heavy atom. The van der Waals surface area contributed by atoms with Crippen LogP contribution in [0.5, 0.6) is 0 Å². The molecule has 0 heterocycles. The molecule has 146 valence electrons. The SMILES string of the molecule is CCNS(=O)(=O)c1ccc(C(=O)O[C@@H](C)C(=O)Nc2ccc(C#N)cc2)cc1. The predicted molar refractivity (Wildman–Crippen MR) is 102 cm³/mol. The highest BCUT2D eigenvalue weighted by Crippen LogP contribution is 2.13. The largest absolute Gasteiger partial charge is 0.449 e. The molecule has 0 aliphatic rings. The van der Waals surface area contributed by atoms with Crippen LogP contribution in [-0.4, -0.2) is 32.9 Å². The summed E-state index contributed by atoms with van der Waals surface area (Å²) in [5, 5.41) is 11.3. The second kappa shape index (κ2) is 9.12. The Morgan fingerprint density at radius 2 is 1.71 bits per heavy atom. The molecule has 0 fully saturated rings. The molecule has 8 nitrogen and oxygen atoms in total. The quantitative estimate of drug-likeness (QED) is 0.684. The van der Waals surface area contributed by atoms with Gasteiger partial charge in [0.25, 0.3) is 5.91 Å². The highest BCUT2D eigenvalue weighted by atomic mass is 32.2. The van der Waals surface area contributed by atoms with Crippen LogP contribution in [0, 0.1) is 11.3 Å². The Morgan fingerprint density at radius 1 is 1.11 bits per heavy atom. The number of benzene rings is 2. The molecule has 0 spiro atoms. The van der Waals surface area contributed by atoms with Crippen LogP contribution in [0.4, 0.5) is 5.69 Å². The van der Waals surface area contributed by atoms with Gasteiger partial charge in [-0.3, -0.25) is 4.79 Å². The van der Waals surface area contributed by atoms with Gasteiger partial charge < -0.3 is 10.1 Å². The van der Waals surface area contributed by atoms with Crippen molar-refractivity contribution in [2.24, 2.45) is 0 Å². The minimum absolute atomic E-state index is 0.0255. The van der Waals surface area contributed by atoms with Crippen LogP contribution in [0.1, 0.15) is 29.8 Å². The second-order valence-electron chi connectivity index (χ2n) is 5.75. The first-order valence-electron chi connectivity index (χ1n) is 8.38. The fourth-order valence-corrected chi connectivity index (χ4v) is 3.24. The predicted octanol–water partition coefficient (Wildman–Crippen LogP) is 2.04. The third-order valence-corrected chi connectivity index (χ3v) is 5.23. The van der Waals surface area contributed by atoms with E-state index in [-0.39, 0.29) is 17.0 Å². The Bertz CT molecular complexity index is 993. The average molecular weight is 401 g/mol. The van der Waals surface area contributed by atoms with Crippen molar-refractivity contribution in [2.75, 3.05) is 11.9 Å². The fourth-order valence-electron chi connectivity index (χ4n) is 2.20. The highest BCUT2D eigenvalue weighted by molar-refractivity contribution is 7.89. The van der Waals surface area contributed by atoms with Gasteiger partial charge in [-0.2, -0.15) is 5.26 Å². The fraction of sp³-hybridized carbons (Fsp3) is 0.211. The molecule has 1 atom stereocenters. The zero-order valence-electron chi connectivity index (χ0n) is 15.3. The van der Waals surface area contributed by atoms with Crippen LogP contribution in [0.3, 0.4) is 0 Å². The van der Waals surface area contributed by atoms with E-state index in [1.54, 1.807) is 31.2 Å². The maximum Gasteiger partial charge on any atom is 0.338 e. The van der Waals surface area contributed by atoms with Gasteiger partial charge in [0.2, 0.25) is 10.0 Å². The molecular formula is C19H19N3O5S. The molecule has 2 aromatic carbocycles. The summed E-state index contributed by atoms with van der Waals surface area (Å²) in [5.41, 5.74) is 1.04. The van der Waals surface area contributed by atoms with E-state index in [1.807, 2.05) is 6.07 Å². The Balaban J connectivity index is 1.99. The first kappa shape index (κ1) is 21.1. The summed E-state index contributed by atoms with van der Waals surface area (Å²) in [6, 6.07) is 13.4. The first-order chi connectivity index (χ1) is 13.3. The minimum atomic E-state index is -3.62. The number of hydrogen-bond donors (Lipinski definition) is 2. The topological polar surface area (TPSA) is 125 Å². The van der Waals surface area contributed by atoms with E-state index in [9.17, 15) is 18.0 Å². The molecule has 2 rings (SSSR count).